The monoisotopic (exact) mass is 540 g/mol. The van der Waals surface area contributed by atoms with Gasteiger partial charge in [-0.2, -0.15) is 18.3 Å². The average Bonchev–Trinajstić information content (AvgIpc) is 3.51. The number of alkyl halides is 3. The van der Waals surface area contributed by atoms with Crippen LogP contribution in [0.25, 0.3) is 27.8 Å². The molecule has 0 spiro atoms. The number of likely N-dealkylation sites (tertiary alicyclic amines) is 1. The largest absolute Gasteiger partial charge is 0.405 e. The number of benzene rings is 1. The smallest absolute Gasteiger partial charge is 0.373 e. The van der Waals surface area contributed by atoms with E-state index in [1.54, 1.807) is 12.3 Å². The van der Waals surface area contributed by atoms with E-state index in [0.717, 1.165) is 53.7 Å². The van der Waals surface area contributed by atoms with Gasteiger partial charge in [0.05, 0.1) is 17.9 Å². The molecule has 1 saturated heterocycles. The van der Waals surface area contributed by atoms with Gasteiger partial charge in [-0.3, -0.25) is 9.69 Å². The summed E-state index contributed by atoms with van der Waals surface area (Å²) in [6.45, 7) is 9.33. The van der Waals surface area contributed by atoms with Crippen molar-refractivity contribution in [1.82, 2.24) is 24.5 Å². The maximum Gasteiger partial charge on any atom is 0.405 e. The Labute approximate surface area is 225 Å². The second-order valence-electron chi connectivity index (χ2n) is 11.2. The topological polar surface area (TPSA) is 78.3 Å². The number of anilines is 1. The number of fused-ring (bicyclic) bond motifs is 2. The van der Waals surface area contributed by atoms with Gasteiger partial charge >= 0.3 is 6.18 Å². The summed E-state index contributed by atoms with van der Waals surface area (Å²) in [5, 5.41) is 7.81. The fourth-order valence-electron chi connectivity index (χ4n) is 5.53. The summed E-state index contributed by atoms with van der Waals surface area (Å²) in [6.07, 6.45) is 0.786. The number of rotatable bonds is 8. The third-order valence-electron chi connectivity index (χ3n) is 7.67. The summed E-state index contributed by atoms with van der Waals surface area (Å²) in [5.41, 5.74) is 5.61. The Morgan fingerprint density at radius 1 is 1.15 bits per heavy atom. The van der Waals surface area contributed by atoms with Crippen LogP contribution in [0.2, 0.25) is 0 Å². The van der Waals surface area contributed by atoms with Crippen molar-refractivity contribution >= 4 is 28.0 Å². The first kappa shape index (κ1) is 27.2. The van der Waals surface area contributed by atoms with Crippen molar-refractivity contribution in [3.63, 3.8) is 0 Å². The minimum atomic E-state index is -4.35. The zero-order valence-electron chi connectivity index (χ0n) is 22.8. The van der Waals surface area contributed by atoms with E-state index in [2.05, 4.69) is 57.3 Å². The highest BCUT2D eigenvalue weighted by Gasteiger charge is 2.28. The lowest BCUT2D eigenvalue weighted by Gasteiger charge is -2.32. The number of H-pyrrole nitrogens is 1. The molecule has 1 aliphatic rings. The lowest BCUT2D eigenvalue weighted by molar-refractivity contribution is -0.123. The predicted molar refractivity (Wildman–Crippen MR) is 147 cm³/mol. The number of aromatic nitrogens is 4. The van der Waals surface area contributed by atoms with Crippen LogP contribution >= 0.6 is 0 Å². The van der Waals surface area contributed by atoms with Crippen molar-refractivity contribution in [1.29, 1.82) is 0 Å². The number of hydrogen-bond acceptors (Lipinski definition) is 5. The van der Waals surface area contributed by atoms with E-state index in [0.29, 0.717) is 18.1 Å². The van der Waals surface area contributed by atoms with Gasteiger partial charge in [0.2, 0.25) is 0 Å². The minimum Gasteiger partial charge on any atom is -0.373 e. The second kappa shape index (κ2) is 10.6. The molecule has 2 N–H and O–H groups in total. The Hall–Kier alpha value is -3.40. The SMILES string of the molecule is CC(C)C(=O)CN1CCC(c2ccc3[nH]c(-c4cc(NCC(F)(F)F)c5ncnn5c4)c(C(C)C)c3c2)CC1. The van der Waals surface area contributed by atoms with E-state index < -0.39 is 12.7 Å². The Bertz CT molecular complexity index is 1480. The Morgan fingerprint density at radius 3 is 2.56 bits per heavy atom. The van der Waals surface area contributed by atoms with Crippen LogP contribution in [0.1, 0.15) is 63.5 Å². The van der Waals surface area contributed by atoms with Crippen LogP contribution in [-0.4, -0.2) is 62.6 Å². The first-order chi connectivity index (χ1) is 18.5. The lowest BCUT2D eigenvalue weighted by atomic mass is 9.87. The number of carbonyl (C=O) groups is 1. The van der Waals surface area contributed by atoms with Crippen LogP contribution in [0.3, 0.4) is 0 Å². The van der Waals surface area contributed by atoms with Crippen LogP contribution < -0.4 is 5.32 Å². The number of carbonyl (C=O) groups excluding carboxylic acids is 1. The highest BCUT2D eigenvalue weighted by atomic mass is 19.4. The van der Waals surface area contributed by atoms with E-state index in [-0.39, 0.29) is 23.3 Å². The fraction of sp³-hybridized carbons (Fsp3) is 0.483. The molecule has 1 aliphatic heterocycles. The number of halogens is 3. The van der Waals surface area contributed by atoms with Gasteiger partial charge < -0.3 is 10.3 Å². The van der Waals surface area contributed by atoms with Crippen LogP contribution in [0.5, 0.6) is 0 Å². The van der Waals surface area contributed by atoms with E-state index >= 15 is 0 Å². The zero-order chi connectivity index (χ0) is 27.9. The molecule has 39 heavy (non-hydrogen) atoms. The van der Waals surface area contributed by atoms with Gasteiger partial charge in [0, 0.05) is 28.6 Å². The lowest BCUT2D eigenvalue weighted by Crippen LogP contribution is -2.38. The van der Waals surface area contributed by atoms with E-state index in [1.807, 2.05) is 13.8 Å². The van der Waals surface area contributed by atoms with Crippen molar-refractivity contribution in [3.8, 4) is 11.3 Å². The first-order valence-corrected chi connectivity index (χ1v) is 13.5. The van der Waals surface area contributed by atoms with Gasteiger partial charge in [0.1, 0.15) is 18.7 Å². The molecule has 4 aromatic rings. The Morgan fingerprint density at radius 2 is 1.90 bits per heavy atom. The minimum absolute atomic E-state index is 0.0594. The van der Waals surface area contributed by atoms with Crippen molar-refractivity contribution in [2.24, 2.45) is 5.92 Å². The van der Waals surface area contributed by atoms with E-state index in [4.69, 9.17) is 0 Å². The van der Waals surface area contributed by atoms with E-state index in [1.165, 1.54) is 16.4 Å². The predicted octanol–water partition coefficient (Wildman–Crippen LogP) is 6.38. The number of Topliss-reactive ketones (excluding diaryl/α,β-unsaturated/α-hetero) is 1. The quantitative estimate of drug-likeness (QED) is 0.271. The molecule has 0 bridgehead atoms. The molecule has 10 heteroatoms. The second-order valence-corrected chi connectivity index (χ2v) is 11.2. The summed E-state index contributed by atoms with van der Waals surface area (Å²) in [6, 6.07) is 8.25. The first-order valence-electron chi connectivity index (χ1n) is 13.5. The van der Waals surface area contributed by atoms with Gasteiger partial charge in [0.15, 0.2) is 5.65 Å². The van der Waals surface area contributed by atoms with Gasteiger partial charge in [-0.25, -0.2) is 9.50 Å². The molecule has 4 heterocycles. The third-order valence-corrected chi connectivity index (χ3v) is 7.67. The molecule has 7 nitrogen and oxygen atoms in total. The molecule has 3 aromatic heterocycles. The van der Waals surface area contributed by atoms with Crippen LogP contribution in [0.4, 0.5) is 18.9 Å². The molecule has 0 aliphatic carbocycles. The van der Waals surface area contributed by atoms with Gasteiger partial charge in [0.25, 0.3) is 0 Å². The molecule has 5 rings (SSSR count). The summed E-state index contributed by atoms with van der Waals surface area (Å²) in [4.78, 5) is 22.1. The summed E-state index contributed by atoms with van der Waals surface area (Å²) in [7, 11) is 0. The highest BCUT2D eigenvalue weighted by Crippen LogP contribution is 2.39. The number of piperidine rings is 1. The molecular weight excluding hydrogens is 505 g/mol. The van der Waals surface area contributed by atoms with Crippen molar-refractivity contribution in [3.05, 3.63) is 47.9 Å². The van der Waals surface area contributed by atoms with Gasteiger partial charge in [-0.05, 0) is 67.1 Å². The molecule has 1 aromatic carbocycles. The van der Waals surface area contributed by atoms with Gasteiger partial charge in [-0.15, -0.1) is 0 Å². The third kappa shape index (κ3) is 5.80. The molecular formula is C29H35F3N6O. The molecule has 0 atom stereocenters. The molecule has 0 amide bonds. The standard InChI is InChI=1S/C29H35F3N6O/c1-17(2)25(39)14-37-9-7-19(8-10-37)20-5-6-23-22(11-20)26(18(3)4)27(36-23)21-12-24(33-15-29(30,31)32)28-34-16-35-38(28)13-21/h5-6,11-13,16-19,33,36H,7-10,14-15H2,1-4H3. The maximum absolute atomic E-state index is 13.0. The summed E-state index contributed by atoms with van der Waals surface area (Å²) < 4.78 is 40.4. The molecule has 208 valence electrons. The van der Waals surface area contributed by atoms with Crippen molar-refractivity contribution in [2.75, 3.05) is 31.5 Å². The molecule has 0 unspecified atom stereocenters. The number of ketones is 1. The summed E-state index contributed by atoms with van der Waals surface area (Å²) >= 11 is 0. The number of nitrogens with one attached hydrogen (secondary N) is 2. The summed E-state index contributed by atoms with van der Waals surface area (Å²) in [5.74, 6) is 0.940. The zero-order valence-corrected chi connectivity index (χ0v) is 22.8. The molecule has 0 radical (unpaired) electrons. The van der Waals surface area contributed by atoms with Crippen molar-refractivity contribution in [2.45, 2.75) is 58.5 Å². The Kier molecular flexibility index (Phi) is 7.41. The van der Waals surface area contributed by atoms with Gasteiger partial charge in [-0.1, -0.05) is 33.8 Å². The normalized spacial score (nSPS) is 15.7. The number of nitrogens with zero attached hydrogens (tertiary/aromatic N) is 4. The number of pyridine rings is 1. The average molecular weight is 541 g/mol. The van der Waals surface area contributed by atoms with E-state index in [9.17, 15) is 18.0 Å². The van der Waals surface area contributed by atoms with Crippen LogP contribution in [0, 0.1) is 5.92 Å². The van der Waals surface area contributed by atoms with Crippen molar-refractivity contribution < 1.29 is 18.0 Å². The van der Waals surface area contributed by atoms with Crippen LogP contribution in [-0.2, 0) is 4.79 Å². The van der Waals surface area contributed by atoms with Crippen LogP contribution in [0.15, 0.2) is 36.8 Å². The highest BCUT2D eigenvalue weighted by molar-refractivity contribution is 5.92. The fourth-order valence-corrected chi connectivity index (χ4v) is 5.53. The Balaban J connectivity index is 1.46. The molecule has 0 saturated carbocycles. The molecule has 1 fully saturated rings. The number of hydrogen-bond donors (Lipinski definition) is 2. The number of aromatic amines is 1. The maximum atomic E-state index is 13.0.